The Morgan fingerprint density at radius 2 is 2.00 bits per heavy atom. The smallest absolute Gasteiger partial charge is 0.410 e. The molecule has 1 aromatic rings. The van der Waals surface area contributed by atoms with Crippen molar-refractivity contribution in [3.63, 3.8) is 0 Å². The zero-order chi connectivity index (χ0) is 13.1. The van der Waals surface area contributed by atoms with E-state index in [1.807, 2.05) is 32.0 Å². The lowest BCUT2D eigenvalue weighted by molar-refractivity contribution is -0.116. The van der Waals surface area contributed by atoms with Gasteiger partial charge in [-0.05, 0) is 37.1 Å². The topological polar surface area (TPSA) is 58.6 Å². The normalized spacial score (nSPS) is 14.6. The van der Waals surface area contributed by atoms with E-state index in [1.54, 1.807) is 0 Å². The highest BCUT2D eigenvalue weighted by molar-refractivity contribution is 5.94. The van der Waals surface area contributed by atoms with Crippen LogP contribution in [-0.2, 0) is 9.53 Å². The summed E-state index contributed by atoms with van der Waals surface area (Å²) >= 11 is 0. The third-order valence-corrected chi connectivity index (χ3v) is 2.68. The van der Waals surface area contributed by atoms with Gasteiger partial charge in [0.05, 0.1) is 6.54 Å². The van der Waals surface area contributed by atoms with Crippen LogP contribution in [0.4, 0.5) is 10.5 Å². The molecule has 0 aliphatic carbocycles. The Bertz CT molecular complexity index is 465. The first-order valence-electron chi connectivity index (χ1n) is 5.84. The molecule has 5 nitrogen and oxygen atoms in total. The van der Waals surface area contributed by atoms with Crippen LogP contribution in [0.2, 0.25) is 0 Å². The molecule has 1 fully saturated rings. The Morgan fingerprint density at radius 3 is 2.56 bits per heavy atom. The average molecular weight is 248 g/mol. The van der Waals surface area contributed by atoms with Gasteiger partial charge in [0.2, 0.25) is 5.91 Å². The second-order valence-corrected chi connectivity index (χ2v) is 4.46. The zero-order valence-corrected chi connectivity index (χ0v) is 10.5. The molecule has 1 saturated heterocycles. The summed E-state index contributed by atoms with van der Waals surface area (Å²) in [5, 5.41) is 2.78. The molecular weight excluding hydrogens is 232 g/mol. The number of amides is 2. The number of nitrogens with one attached hydrogen (secondary N) is 1. The number of hydrogen-bond acceptors (Lipinski definition) is 3. The van der Waals surface area contributed by atoms with E-state index in [-0.39, 0.29) is 12.5 Å². The van der Waals surface area contributed by atoms with E-state index < -0.39 is 6.09 Å². The Labute approximate surface area is 106 Å². The first-order valence-corrected chi connectivity index (χ1v) is 5.84. The van der Waals surface area contributed by atoms with Gasteiger partial charge in [0.1, 0.15) is 13.2 Å². The summed E-state index contributed by atoms with van der Waals surface area (Å²) in [7, 11) is 0. The molecule has 1 heterocycles. The summed E-state index contributed by atoms with van der Waals surface area (Å²) < 4.78 is 4.76. The fourth-order valence-electron chi connectivity index (χ4n) is 1.99. The molecule has 96 valence electrons. The zero-order valence-electron chi connectivity index (χ0n) is 10.5. The summed E-state index contributed by atoms with van der Waals surface area (Å²) in [5.74, 6) is -0.209. The summed E-state index contributed by atoms with van der Waals surface area (Å²) in [6.07, 6.45) is -0.425. The summed E-state index contributed by atoms with van der Waals surface area (Å²) in [6, 6.07) is 5.83. The van der Waals surface area contributed by atoms with Gasteiger partial charge in [-0.1, -0.05) is 6.07 Å². The molecule has 18 heavy (non-hydrogen) atoms. The SMILES string of the molecule is Cc1cc(C)cc(NC(=O)CN2CCOC2=O)c1. The van der Waals surface area contributed by atoms with E-state index in [0.29, 0.717) is 13.2 Å². The van der Waals surface area contributed by atoms with E-state index in [9.17, 15) is 9.59 Å². The van der Waals surface area contributed by atoms with Crippen LogP contribution in [0.5, 0.6) is 0 Å². The first kappa shape index (κ1) is 12.4. The molecule has 1 aromatic carbocycles. The fourth-order valence-corrected chi connectivity index (χ4v) is 1.99. The number of hydrogen-bond donors (Lipinski definition) is 1. The predicted molar refractivity (Wildman–Crippen MR) is 67.5 cm³/mol. The van der Waals surface area contributed by atoms with Gasteiger partial charge < -0.3 is 10.1 Å². The minimum Gasteiger partial charge on any atom is -0.448 e. The number of ether oxygens (including phenoxy) is 1. The Kier molecular flexibility index (Phi) is 3.50. The lowest BCUT2D eigenvalue weighted by Crippen LogP contribution is -2.33. The van der Waals surface area contributed by atoms with E-state index in [0.717, 1.165) is 16.8 Å². The first-order chi connectivity index (χ1) is 8.54. The second kappa shape index (κ2) is 5.08. The maximum absolute atomic E-state index is 11.8. The molecule has 1 N–H and O–H groups in total. The van der Waals surface area contributed by atoms with Crippen molar-refractivity contribution in [3.8, 4) is 0 Å². The van der Waals surface area contributed by atoms with Gasteiger partial charge in [-0.15, -0.1) is 0 Å². The summed E-state index contributed by atoms with van der Waals surface area (Å²) in [4.78, 5) is 24.4. The average Bonchev–Trinajstić information content (AvgIpc) is 2.62. The number of cyclic esters (lactones) is 1. The number of carbonyl (C=O) groups is 2. The van der Waals surface area contributed by atoms with Gasteiger partial charge in [0, 0.05) is 5.69 Å². The number of aryl methyl sites for hydroxylation is 2. The van der Waals surface area contributed by atoms with Crippen molar-refractivity contribution in [2.45, 2.75) is 13.8 Å². The van der Waals surface area contributed by atoms with Crippen molar-refractivity contribution in [1.82, 2.24) is 4.90 Å². The van der Waals surface area contributed by atoms with Crippen LogP contribution < -0.4 is 5.32 Å². The van der Waals surface area contributed by atoms with Crippen molar-refractivity contribution in [1.29, 1.82) is 0 Å². The van der Waals surface area contributed by atoms with Crippen molar-refractivity contribution < 1.29 is 14.3 Å². The Hall–Kier alpha value is -2.04. The molecule has 0 aromatic heterocycles. The molecule has 1 aliphatic rings. The molecule has 0 unspecified atom stereocenters. The second-order valence-electron chi connectivity index (χ2n) is 4.46. The standard InChI is InChI=1S/C13H16N2O3/c1-9-5-10(2)7-11(6-9)14-12(16)8-15-3-4-18-13(15)17/h5-7H,3-4,8H2,1-2H3,(H,14,16). The maximum atomic E-state index is 11.8. The van der Waals surface area contributed by atoms with Gasteiger partial charge in [-0.3, -0.25) is 9.69 Å². The maximum Gasteiger partial charge on any atom is 0.410 e. The number of rotatable bonds is 3. The number of nitrogens with zero attached hydrogens (tertiary/aromatic N) is 1. The summed E-state index contributed by atoms with van der Waals surface area (Å²) in [5.41, 5.74) is 2.93. The molecule has 0 saturated carbocycles. The highest BCUT2D eigenvalue weighted by Crippen LogP contribution is 2.14. The van der Waals surface area contributed by atoms with Gasteiger partial charge in [0.25, 0.3) is 0 Å². The minimum atomic E-state index is -0.425. The fraction of sp³-hybridized carbons (Fsp3) is 0.385. The third kappa shape index (κ3) is 3.00. The molecule has 2 amide bonds. The van der Waals surface area contributed by atoms with Crippen LogP contribution >= 0.6 is 0 Å². The molecule has 0 atom stereocenters. The monoisotopic (exact) mass is 248 g/mol. The quantitative estimate of drug-likeness (QED) is 0.885. The number of carbonyl (C=O) groups excluding carboxylic acids is 2. The highest BCUT2D eigenvalue weighted by atomic mass is 16.6. The largest absolute Gasteiger partial charge is 0.448 e. The predicted octanol–water partition coefficient (Wildman–Crippen LogP) is 1.69. The van der Waals surface area contributed by atoms with Gasteiger partial charge in [-0.25, -0.2) is 4.79 Å². The van der Waals surface area contributed by atoms with E-state index in [2.05, 4.69) is 5.32 Å². The van der Waals surface area contributed by atoms with E-state index >= 15 is 0 Å². The lowest BCUT2D eigenvalue weighted by atomic mass is 10.1. The van der Waals surface area contributed by atoms with Gasteiger partial charge in [-0.2, -0.15) is 0 Å². The molecule has 0 radical (unpaired) electrons. The van der Waals surface area contributed by atoms with Crippen molar-refractivity contribution in [3.05, 3.63) is 29.3 Å². The van der Waals surface area contributed by atoms with Crippen LogP contribution in [0.25, 0.3) is 0 Å². The highest BCUT2D eigenvalue weighted by Gasteiger charge is 2.23. The third-order valence-electron chi connectivity index (χ3n) is 2.68. The van der Waals surface area contributed by atoms with Crippen LogP contribution in [0.3, 0.4) is 0 Å². The molecule has 0 spiro atoms. The van der Waals surface area contributed by atoms with Gasteiger partial charge >= 0.3 is 6.09 Å². The Morgan fingerprint density at radius 1 is 1.33 bits per heavy atom. The van der Waals surface area contributed by atoms with Crippen LogP contribution in [0, 0.1) is 13.8 Å². The van der Waals surface area contributed by atoms with Crippen LogP contribution in [0.15, 0.2) is 18.2 Å². The van der Waals surface area contributed by atoms with Gasteiger partial charge in [0.15, 0.2) is 0 Å². The lowest BCUT2D eigenvalue weighted by Gasteiger charge is -2.13. The Balaban J connectivity index is 1.96. The van der Waals surface area contributed by atoms with E-state index in [4.69, 9.17) is 4.74 Å². The molecule has 1 aliphatic heterocycles. The van der Waals surface area contributed by atoms with Crippen molar-refractivity contribution in [2.75, 3.05) is 25.0 Å². The van der Waals surface area contributed by atoms with E-state index in [1.165, 1.54) is 4.90 Å². The van der Waals surface area contributed by atoms with Crippen molar-refractivity contribution >= 4 is 17.7 Å². The minimum absolute atomic E-state index is 0.0336. The van der Waals surface area contributed by atoms with Crippen LogP contribution in [-0.4, -0.2) is 36.6 Å². The molecular formula is C13H16N2O3. The molecule has 5 heteroatoms. The molecule has 0 bridgehead atoms. The molecule has 2 rings (SSSR count). The van der Waals surface area contributed by atoms with Crippen molar-refractivity contribution in [2.24, 2.45) is 0 Å². The summed E-state index contributed by atoms with van der Waals surface area (Å²) in [6.45, 7) is 4.81. The van der Waals surface area contributed by atoms with Crippen LogP contribution in [0.1, 0.15) is 11.1 Å². The number of benzene rings is 1. The number of anilines is 1.